The molecule has 1 saturated heterocycles. The van der Waals surface area contributed by atoms with Crippen molar-refractivity contribution in [3.05, 3.63) is 42.5 Å². The van der Waals surface area contributed by atoms with Gasteiger partial charge in [-0.15, -0.1) is 6.58 Å². The maximum Gasteiger partial charge on any atom is 0.226 e. The zero-order valence-corrected chi connectivity index (χ0v) is 14.7. The third kappa shape index (κ3) is 3.34. The lowest BCUT2D eigenvalue weighted by Gasteiger charge is -2.27. The van der Waals surface area contributed by atoms with Gasteiger partial charge in [0.25, 0.3) is 0 Å². The molecule has 0 radical (unpaired) electrons. The minimum absolute atomic E-state index is 0.0351. The first-order chi connectivity index (χ1) is 11.5. The standard InChI is InChI=1S/C18H23NO4S/c1-3-9-19(13-8-10-24(21,22)12-13)18(20)16-11-15(16)14-6-4-5-7-17(14)23-2/h3-7,13,15-16H,1,8-12H2,2H3. The Balaban J connectivity index is 1.74. The van der Waals surface area contributed by atoms with E-state index in [0.29, 0.717) is 13.0 Å². The van der Waals surface area contributed by atoms with Crippen molar-refractivity contribution in [2.45, 2.75) is 24.8 Å². The fourth-order valence-electron chi connectivity index (χ4n) is 3.58. The van der Waals surface area contributed by atoms with Gasteiger partial charge in [0, 0.05) is 18.5 Å². The predicted octanol–water partition coefficient (Wildman–Crippen LogP) is 2.00. The van der Waals surface area contributed by atoms with Crippen molar-refractivity contribution in [2.75, 3.05) is 25.2 Å². The number of carbonyl (C=O) groups excluding carboxylic acids is 1. The third-order valence-corrected chi connectivity index (χ3v) is 6.65. The molecule has 3 atom stereocenters. The van der Waals surface area contributed by atoms with Crippen molar-refractivity contribution in [3.8, 4) is 5.75 Å². The van der Waals surface area contributed by atoms with E-state index in [-0.39, 0.29) is 35.3 Å². The van der Waals surface area contributed by atoms with Crippen molar-refractivity contribution in [1.82, 2.24) is 4.90 Å². The average Bonchev–Trinajstić information content (AvgIpc) is 3.29. The smallest absolute Gasteiger partial charge is 0.226 e. The quantitative estimate of drug-likeness (QED) is 0.737. The molecule has 3 unspecified atom stereocenters. The molecule has 5 nitrogen and oxygen atoms in total. The highest BCUT2D eigenvalue weighted by molar-refractivity contribution is 7.91. The van der Waals surface area contributed by atoms with Crippen molar-refractivity contribution in [2.24, 2.45) is 5.92 Å². The van der Waals surface area contributed by atoms with Crippen LogP contribution in [0.4, 0.5) is 0 Å². The summed E-state index contributed by atoms with van der Waals surface area (Å²) < 4.78 is 28.9. The van der Waals surface area contributed by atoms with Gasteiger partial charge in [-0.05, 0) is 30.4 Å². The summed E-state index contributed by atoms with van der Waals surface area (Å²) in [6.07, 6.45) is 2.98. The molecule has 2 fully saturated rings. The number of para-hydroxylation sites is 1. The van der Waals surface area contributed by atoms with Crippen molar-refractivity contribution in [1.29, 1.82) is 0 Å². The molecule has 1 aliphatic heterocycles. The van der Waals surface area contributed by atoms with E-state index in [1.165, 1.54) is 0 Å². The molecular formula is C18H23NO4S. The summed E-state index contributed by atoms with van der Waals surface area (Å²) >= 11 is 0. The molecule has 24 heavy (non-hydrogen) atoms. The minimum atomic E-state index is -3.02. The zero-order chi connectivity index (χ0) is 17.3. The Morgan fingerprint density at radius 3 is 2.79 bits per heavy atom. The molecule has 1 aromatic rings. The van der Waals surface area contributed by atoms with Crippen molar-refractivity contribution in [3.63, 3.8) is 0 Å². The van der Waals surface area contributed by atoms with Crippen LogP contribution < -0.4 is 4.74 Å². The van der Waals surface area contributed by atoms with E-state index in [0.717, 1.165) is 17.7 Å². The number of methoxy groups -OCH3 is 1. The zero-order valence-electron chi connectivity index (χ0n) is 13.8. The van der Waals surface area contributed by atoms with E-state index in [1.54, 1.807) is 18.1 Å². The van der Waals surface area contributed by atoms with Gasteiger partial charge in [-0.1, -0.05) is 24.3 Å². The highest BCUT2D eigenvalue weighted by atomic mass is 32.2. The van der Waals surface area contributed by atoms with Crippen LogP contribution in [0.25, 0.3) is 0 Å². The number of carbonyl (C=O) groups is 1. The first-order valence-corrected chi connectivity index (χ1v) is 10.0. The maximum absolute atomic E-state index is 12.9. The maximum atomic E-state index is 12.9. The Hall–Kier alpha value is -1.82. The first kappa shape index (κ1) is 17.0. The Morgan fingerprint density at radius 2 is 2.17 bits per heavy atom. The highest BCUT2D eigenvalue weighted by Gasteiger charge is 2.48. The lowest BCUT2D eigenvalue weighted by molar-refractivity contribution is -0.133. The number of hydrogen-bond donors (Lipinski definition) is 0. The van der Waals surface area contributed by atoms with E-state index >= 15 is 0 Å². The molecule has 3 rings (SSSR count). The Bertz CT molecular complexity index is 743. The van der Waals surface area contributed by atoms with E-state index in [4.69, 9.17) is 4.74 Å². The fourth-order valence-corrected chi connectivity index (χ4v) is 5.31. The van der Waals surface area contributed by atoms with Crippen LogP contribution in [0.15, 0.2) is 36.9 Å². The molecule has 1 saturated carbocycles. The fraction of sp³-hybridized carbons (Fsp3) is 0.500. The van der Waals surface area contributed by atoms with E-state index in [9.17, 15) is 13.2 Å². The highest BCUT2D eigenvalue weighted by Crippen LogP contribution is 2.51. The minimum Gasteiger partial charge on any atom is -0.496 e. The van der Waals surface area contributed by atoms with Crippen LogP contribution in [0.5, 0.6) is 5.75 Å². The summed E-state index contributed by atoms with van der Waals surface area (Å²) in [4.78, 5) is 14.6. The van der Waals surface area contributed by atoms with Crippen LogP contribution >= 0.6 is 0 Å². The monoisotopic (exact) mass is 349 g/mol. The van der Waals surface area contributed by atoms with Crippen LogP contribution in [-0.2, 0) is 14.6 Å². The number of benzene rings is 1. The van der Waals surface area contributed by atoms with Gasteiger partial charge >= 0.3 is 0 Å². The second kappa shape index (κ2) is 6.59. The van der Waals surface area contributed by atoms with Crippen LogP contribution in [0.3, 0.4) is 0 Å². The van der Waals surface area contributed by atoms with E-state index in [1.807, 2.05) is 24.3 Å². The molecule has 1 amide bonds. The van der Waals surface area contributed by atoms with Crippen molar-refractivity contribution >= 4 is 15.7 Å². The number of nitrogens with zero attached hydrogens (tertiary/aromatic N) is 1. The molecule has 1 aromatic carbocycles. The van der Waals surface area contributed by atoms with Gasteiger partial charge in [-0.2, -0.15) is 0 Å². The molecule has 0 spiro atoms. The molecule has 130 valence electrons. The molecule has 0 N–H and O–H groups in total. The Morgan fingerprint density at radius 1 is 1.42 bits per heavy atom. The molecule has 1 aliphatic carbocycles. The summed E-state index contributed by atoms with van der Waals surface area (Å²) in [5.41, 5.74) is 1.05. The Labute approximate surface area is 143 Å². The normalized spacial score (nSPS) is 27.5. The summed E-state index contributed by atoms with van der Waals surface area (Å²) in [6, 6.07) is 7.53. The number of amides is 1. The number of sulfone groups is 1. The molecule has 6 heteroatoms. The van der Waals surface area contributed by atoms with Gasteiger partial charge in [0.15, 0.2) is 9.84 Å². The molecule has 2 aliphatic rings. The second-order valence-electron chi connectivity index (χ2n) is 6.53. The largest absolute Gasteiger partial charge is 0.496 e. The summed E-state index contributed by atoms with van der Waals surface area (Å²) in [5.74, 6) is 1.13. The van der Waals surface area contributed by atoms with Crippen molar-refractivity contribution < 1.29 is 17.9 Å². The summed E-state index contributed by atoms with van der Waals surface area (Å²) in [5, 5.41) is 0. The van der Waals surface area contributed by atoms with Gasteiger partial charge < -0.3 is 9.64 Å². The summed E-state index contributed by atoms with van der Waals surface area (Å²) in [6.45, 7) is 4.11. The topological polar surface area (TPSA) is 63.7 Å². The molecule has 0 aromatic heterocycles. The second-order valence-corrected chi connectivity index (χ2v) is 8.76. The molecular weight excluding hydrogens is 326 g/mol. The number of ether oxygens (including phenoxy) is 1. The van der Waals surface area contributed by atoms with Gasteiger partial charge in [0.2, 0.25) is 5.91 Å². The van der Waals surface area contributed by atoms with Crippen LogP contribution in [0, 0.1) is 5.92 Å². The lowest BCUT2D eigenvalue weighted by Crippen LogP contribution is -2.42. The van der Waals surface area contributed by atoms with Crippen LogP contribution in [0.1, 0.15) is 24.3 Å². The number of rotatable bonds is 6. The Kier molecular flexibility index (Phi) is 4.67. The van der Waals surface area contributed by atoms with E-state index < -0.39 is 9.84 Å². The van der Waals surface area contributed by atoms with Gasteiger partial charge in [0.1, 0.15) is 5.75 Å². The average molecular weight is 349 g/mol. The lowest BCUT2D eigenvalue weighted by atomic mass is 10.1. The number of hydrogen-bond acceptors (Lipinski definition) is 4. The predicted molar refractivity (Wildman–Crippen MR) is 92.8 cm³/mol. The van der Waals surface area contributed by atoms with Gasteiger partial charge in [-0.25, -0.2) is 8.42 Å². The van der Waals surface area contributed by atoms with E-state index in [2.05, 4.69) is 6.58 Å². The summed E-state index contributed by atoms with van der Waals surface area (Å²) in [7, 11) is -1.39. The van der Waals surface area contributed by atoms with Gasteiger partial charge in [-0.3, -0.25) is 4.79 Å². The van der Waals surface area contributed by atoms with Crippen LogP contribution in [-0.4, -0.2) is 50.4 Å². The molecule has 1 heterocycles. The van der Waals surface area contributed by atoms with Crippen LogP contribution in [0.2, 0.25) is 0 Å². The first-order valence-electron chi connectivity index (χ1n) is 8.21. The SMILES string of the molecule is C=CCN(C(=O)C1CC1c1ccccc1OC)C1CCS(=O)(=O)C1. The third-order valence-electron chi connectivity index (χ3n) is 4.90. The van der Waals surface area contributed by atoms with Gasteiger partial charge in [0.05, 0.1) is 18.6 Å². The molecule has 0 bridgehead atoms.